The quantitative estimate of drug-likeness (QED) is 0.729. The van der Waals surface area contributed by atoms with Crippen molar-refractivity contribution in [2.45, 2.75) is 45.7 Å². The molecule has 0 aromatic carbocycles. The van der Waals surface area contributed by atoms with Crippen molar-refractivity contribution in [3.8, 4) is 0 Å². The number of hydrogen-bond donors (Lipinski definition) is 1. The molecule has 1 saturated carbocycles. The summed E-state index contributed by atoms with van der Waals surface area (Å²) >= 11 is 0. The van der Waals surface area contributed by atoms with Gasteiger partial charge in [0.05, 0.1) is 12.8 Å². The van der Waals surface area contributed by atoms with Crippen molar-refractivity contribution in [2.24, 2.45) is 5.92 Å². The zero-order valence-electron chi connectivity index (χ0n) is 11.8. The van der Waals surface area contributed by atoms with Gasteiger partial charge in [-0.25, -0.2) is 4.79 Å². The summed E-state index contributed by atoms with van der Waals surface area (Å²) in [5.41, 5.74) is 0.896. The normalized spacial score (nSPS) is 16.3. The van der Waals surface area contributed by atoms with Crippen LogP contribution in [-0.2, 0) is 16.1 Å². The molecule has 1 aliphatic carbocycles. The van der Waals surface area contributed by atoms with Crippen LogP contribution in [0.15, 0.2) is 12.4 Å². The number of nitrogens with one attached hydrogen (secondary N) is 1. The van der Waals surface area contributed by atoms with Crippen molar-refractivity contribution in [1.82, 2.24) is 15.1 Å². The Bertz CT molecular complexity index is 413. The van der Waals surface area contributed by atoms with Crippen molar-refractivity contribution in [2.75, 3.05) is 13.2 Å². The highest BCUT2D eigenvalue weighted by atomic mass is 16.5. The van der Waals surface area contributed by atoms with E-state index in [1.165, 1.54) is 12.8 Å². The topological polar surface area (TPSA) is 56.2 Å². The molecule has 0 saturated heterocycles. The first-order valence-corrected chi connectivity index (χ1v) is 7.17. The summed E-state index contributed by atoms with van der Waals surface area (Å²) in [7, 11) is 0. The van der Waals surface area contributed by atoms with Crippen LogP contribution in [0.4, 0.5) is 0 Å². The second-order valence-corrected chi connectivity index (χ2v) is 5.07. The molecule has 1 atom stereocenters. The number of esters is 1. The third-order valence-electron chi connectivity index (χ3n) is 3.27. The zero-order chi connectivity index (χ0) is 13.7. The molecule has 2 rings (SSSR count). The van der Waals surface area contributed by atoms with E-state index in [0.717, 1.165) is 31.0 Å². The summed E-state index contributed by atoms with van der Waals surface area (Å²) < 4.78 is 7.02. The van der Waals surface area contributed by atoms with Gasteiger partial charge in [0.1, 0.15) is 6.04 Å². The van der Waals surface area contributed by atoms with Gasteiger partial charge in [-0.15, -0.1) is 0 Å². The van der Waals surface area contributed by atoms with Gasteiger partial charge in [0.2, 0.25) is 0 Å². The molecular weight excluding hydrogens is 242 g/mol. The standard InChI is InChI=1S/C14H23N3O2/c1-3-7-17-10-12(9-16-17)13(14(18)19-4-2)15-8-11-5-6-11/h9-11,13,15H,3-8H2,1-2H3. The highest BCUT2D eigenvalue weighted by Crippen LogP contribution is 2.28. The van der Waals surface area contributed by atoms with Gasteiger partial charge in [0.15, 0.2) is 0 Å². The van der Waals surface area contributed by atoms with E-state index in [9.17, 15) is 4.79 Å². The number of nitrogens with zero attached hydrogens (tertiary/aromatic N) is 2. The fourth-order valence-corrected chi connectivity index (χ4v) is 2.05. The lowest BCUT2D eigenvalue weighted by molar-refractivity contribution is -0.145. The van der Waals surface area contributed by atoms with Crippen molar-refractivity contribution in [1.29, 1.82) is 0 Å². The van der Waals surface area contributed by atoms with Gasteiger partial charge in [-0.1, -0.05) is 6.92 Å². The Balaban J connectivity index is 2.02. The molecule has 19 heavy (non-hydrogen) atoms. The highest BCUT2D eigenvalue weighted by Gasteiger charge is 2.27. The van der Waals surface area contributed by atoms with Gasteiger partial charge in [-0.05, 0) is 38.6 Å². The molecule has 0 amide bonds. The molecule has 0 aliphatic heterocycles. The average molecular weight is 265 g/mol. The van der Waals surface area contributed by atoms with Crippen LogP contribution in [-0.4, -0.2) is 28.9 Å². The minimum absolute atomic E-state index is 0.209. The monoisotopic (exact) mass is 265 g/mol. The van der Waals surface area contributed by atoms with E-state index in [2.05, 4.69) is 17.3 Å². The van der Waals surface area contributed by atoms with E-state index >= 15 is 0 Å². The minimum atomic E-state index is -0.383. The fourth-order valence-electron chi connectivity index (χ4n) is 2.05. The van der Waals surface area contributed by atoms with E-state index in [1.807, 2.05) is 17.8 Å². The first kappa shape index (κ1) is 14.1. The molecule has 0 bridgehead atoms. The van der Waals surface area contributed by atoms with Gasteiger partial charge in [0.25, 0.3) is 0 Å². The summed E-state index contributed by atoms with van der Waals surface area (Å²) in [4.78, 5) is 12.0. The maximum Gasteiger partial charge on any atom is 0.327 e. The molecule has 1 aromatic rings. The lowest BCUT2D eigenvalue weighted by atomic mass is 10.1. The first-order valence-electron chi connectivity index (χ1n) is 7.17. The Kier molecular flexibility index (Phi) is 4.96. The summed E-state index contributed by atoms with van der Waals surface area (Å²) in [6, 6.07) is -0.383. The third-order valence-corrected chi connectivity index (χ3v) is 3.27. The summed E-state index contributed by atoms with van der Waals surface area (Å²) in [5.74, 6) is 0.516. The third kappa shape index (κ3) is 4.06. The number of carbonyl (C=O) groups excluding carboxylic acids is 1. The number of carbonyl (C=O) groups is 1. The van der Waals surface area contributed by atoms with Crippen molar-refractivity contribution in [3.05, 3.63) is 18.0 Å². The summed E-state index contributed by atoms with van der Waals surface area (Å²) in [6.45, 7) is 6.09. The molecule has 5 nitrogen and oxygen atoms in total. The van der Waals surface area contributed by atoms with E-state index in [1.54, 1.807) is 6.20 Å². The van der Waals surface area contributed by atoms with E-state index in [-0.39, 0.29) is 12.0 Å². The number of aromatic nitrogens is 2. The second-order valence-electron chi connectivity index (χ2n) is 5.07. The Morgan fingerprint density at radius 2 is 2.37 bits per heavy atom. The molecule has 1 aliphatic rings. The van der Waals surface area contributed by atoms with Crippen LogP contribution in [0.25, 0.3) is 0 Å². The summed E-state index contributed by atoms with van der Waals surface area (Å²) in [5, 5.41) is 7.59. The van der Waals surface area contributed by atoms with Gasteiger partial charge >= 0.3 is 5.97 Å². The Morgan fingerprint density at radius 1 is 1.58 bits per heavy atom. The Hall–Kier alpha value is -1.36. The highest BCUT2D eigenvalue weighted by molar-refractivity contribution is 5.77. The molecule has 0 spiro atoms. The van der Waals surface area contributed by atoms with E-state index < -0.39 is 0 Å². The maximum absolute atomic E-state index is 12.0. The smallest absolute Gasteiger partial charge is 0.327 e. The van der Waals surface area contributed by atoms with Crippen molar-refractivity contribution < 1.29 is 9.53 Å². The number of rotatable bonds is 8. The molecule has 106 valence electrons. The zero-order valence-corrected chi connectivity index (χ0v) is 11.8. The first-order chi connectivity index (χ1) is 9.24. The molecular formula is C14H23N3O2. The van der Waals surface area contributed by atoms with Crippen molar-refractivity contribution in [3.63, 3.8) is 0 Å². The minimum Gasteiger partial charge on any atom is -0.465 e. The average Bonchev–Trinajstić information content (AvgIpc) is 3.10. The maximum atomic E-state index is 12.0. The molecule has 1 aromatic heterocycles. The van der Waals surface area contributed by atoms with Crippen molar-refractivity contribution >= 4 is 5.97 Å². The van der Waals surface area contributed by atoms with Crippen LogP contribution in [0.3, 0.4) is 0 Å². The van der Waals surface area contributed by atoms with Crippen LogP contribution in [0, 0.1) is 5.92 Å². The molecule has 1 fully saturated rings. The van der Waals surface area contributed by atoms with Gasteiger partial charge in [0, 0.05) is 18.3 Å². The van der Waals surface area contributed by atoms with Crippen LogP contribution in [0.2, 0.25) is 0 Å². The fraction of sp³-hybridized carbons (Fsp3) is 0.714. The van der Waals surface area contributed by atoms with Crippen LogP contribution in [0.5, 0.6) is 0 Å². The molecule has 1 heterocycles. The van der Waals surface area contributed by atoms with Crippen LogP contribution in [0.1, 0.15) is 44.7 Å². The Morgan fingerprint density at radius 3 is 3.00 bits per heavy atom. The van der Waals surface area contributed by atoms with Gasteiger partial charge in [-0.2, -0.15) is 5.10 Å². The largest absolute Gasteiger partial charge is 0.465 e. The molecule has 5 heteroatoms. The summed E-state index contributed by atoms with van der Waals surface area (Å²) in [6.07, 6.45) is 7.25. The predicted molar refractivity (Wildman–Crippen MR) is 72.6 cm³/mol. The van der Waals surface area contributed by atoms with Gasteiger partial charge < -0.3 is 10.1 Å². The van der Waals surface area contributed by atoms with Crippen LogP contribution >= 0.6 is 0 Å². The van der Waals surface area contributed by atoms with Gasteiger partial charge in [-0.3, -0.25) is 4.68 Å². The lowest BCUT2D eigenvalue weighted by Gasteiger charge is -2.15. The number of hydrogen-bond acceptors (Lipinski definition) is 4. The van der Waals surface area contributed by atoms with Crippen LogP contribution < -0.4 is 5.32 Å². The molecule has 1 N–H and O–H groups in total. The van der Waals surface area contributed by atoms with E-state index in [0.29, 0.717) is 6.61 Å². The number of aryl methyl sites for hydroxylation is 1. The molecule has 0 radical (unpaired) electrons. The lowest BCUT2D eigenvalue weighted by Crippen LogP contribution is -2.31. The SMILES string of the molecule is CCCn1cc(C(NCC2CC2)C(=O)OCC)cn1. The number of ether oxygens (including phenoxy) is 1. The second kappa shape index (κ2) is 6.70. The van der Waals surface area contributed by atoms with E-state index in [4.69, 9.17) is 4.74 Å². The predicted octanol–water partition coefficient (Wildman–Crippen LogP) is 1.90. The Labute approximate surface area is 114 Å². The molecule has 1 unspecified atom stereocenters.